The van der Waals surface area contributed by atoms with Crippen LogP contribution in [0, 0.1) is 6.92 Å². The van der Waals surface area contributed by atoms with Crippen molar-refractivity contribution in [1.82, 2.24) is 4.90 Å². The molecule has 2 aliphatic rings. The zero-order chi connectivity index (χ0) is 22.3. The summed E-state index contributed by atoms with van der Waals surface area (Å²) in [5.41, 5.74) is 4.77. The van der Waals surface area contributed by atoms with E-state index in [9.17, 15) is 4.79 Å². The van der Waals surface area contributed by atoms with E-state index in [1.165, 1.54) is 16.8 Å². The summed E-state index contributed by atoms with van der Waals surface area (Å²) in [6.07, 6.45) is 3.47. The van der Waals surface area contributed by atoms with E-state index in [4.69, 9.17) is 9.47 Å². The van der Waals surface area contributed by atoms with Gasteiger partial charge in [0.25, 0.3) is 0 Å². The number of amides is 1. The summed E-state index contributed by atoms with van der Waals surface area (Å²) >= 11 is 0. The van der Waals surface area contributed by atoms with Crippen LogP contribution in [0.5, 0.6) is 5.75 Å². The van der Waals surface area contributed by atoms with Crippen LogP contribution in [0.25, 0.3) is 0 Å². The van der Waals surface area contributed by atoms with E-state index < -0.39 is 0 Å². The average Bonchev–Trinajstić information content (AvgIpc) is 2.81. The first-order valence-electron chi connectivity index (χ1n) is 11.7. The molecule has 0 saturated carbocycles. The number of ether oxygens (including phenoxy) is 2. The zero-order valence-electron chi connectivity index (χ0n) is 19.4. The van der Waals surface area contributed by atoms with E-state index in [1.54, 1.807) is 12.0 Å². The van der Waals surface area contributed by atoms with Crippen LogP contribution in [-0.4, -0.2) is 64.0 Å². The number of rotatable bonds is 9. The quantitative estimate of drug-likeness (QED) is 0.558. The first-order valence-corrected chi connectivity index (χ1v) is 11.7. The van der Waals surface area contributed by atoms with Gasteiger partial charge in [-0.2, -0.15) is 0 Å². The van der Waals surface area contributed by atoms with Crippen molar-refractivity contribution in [3.05, 3.63) is 53.6 Å². The van der Waals surface area contributed by atoms with Gasteiger partial charge in [-0.15, -0.1) is 0 Å². The second-order valence-electron chi connectivity index (χ2n) is 8.75. The lowest BCUT2D eigenvalue weighted by atomic mass is 10.0. The van der Waals surface area contributed by atoms with Gasteiger partial charge < -0.3 is 14.4 Å². The lowest BCUT2D eigenvalue weighted by Crippen LogP contribution is -2.46. The maximum atomic E-state index is 12.2. The van der Waals surface area contributed by atoms with E-state index in [0.29, 0.717) is 13.0 Å². The molecule has 0 aromatic heterocycles. The molecule has 2 aliphatic heterocycles. The van der Waals surface area contributed by atoms with Gasteiger partial charge in [0.2, 0.25) is 5.91 Å². The Bertz CT molecular complexity index is 909. The van der Waals surface area contributed by atoms with Crippen molar-refractivity contribution in [3.63, 3.8) is 0 Å². The zero-order valence-corrected chi connectivity index (χ0v) is 19.4. The van der Waals surface area contributed by atoms with Gasteiger partial charge in [0.05, 0.1) is 12.3 Å². The number of carbonyl (C=O) groups excluding carboxylic acids is 1. The lowest BCUT2D eigenvalue weighted by Gasteiger charge is -2.36. The maximum Gasteiger partial charge on any atom is 0.229 e. The molecule has 172 valence electrons. The molecule has 1 amide bonds. The first kappa shape index (κ1) is 22.6. The molecule has 0 aliphatic carbocycles. The number of methoxy groups -OCH3 is 1. The Kier molecular flexibility index (Phi) is 7.66. The fourth-order valence-electron chi connectivity index (χ4n) is 4.56. The van der Waals surface area contributed by atoms with Gasteiger partial charge in [-0.3, -0.25) is 14.6 Å². The molecule has 2 heterocycles. The fourth-order valence-corrected chi connectivity index (χ4v) is 4.56. The number of carbonyl (C=O) groups is 1. The number of fused-ring (bicyclic) bond motifs is 1. The van der Waals surface area contributed by atoms with E-state index in [0.717, 1.165) is 63.4 Å². The smallest absolute Gasteiger partial charge is 0.229 e. The fraction of sp³-hybridized carbons (Fsp3) is 0.500. The monoisotopic (exact) mass is 437 g/mol. The second kappa shape index (κ2) is 10.8. The van der Waals surface area contributed by atoms with Crippen LogP contribution in [0.1, 0.15) is 30.4 Å². The van der Waals surface area contributed by atoms with Gasteiger partial charge in [-0.25, -0.2) is 0 Å². The topological polar surface area (TPSA) is 45.2 Å². The predicted octanol–water partition coefficient (Wildman–Crippen LogP) is 3.86. The second-order valence-corrected chi connectivity index (χ2v) is 8.75. The summed E-state index contributed by atoms with van der Waals surface area (Å²) in [6.45, 7) is 8.66. The van der Waals surface area contributed by atoms with Gasteiger partial charge in [0, 0.05) is 51.5 Å². The molecule has 2 aromatic rings. The highest BCUT2D eigenvalue weighted by Crippen LogP contribution is 2.31. The maximum absolute atomic E-state index is 12.2. The van der Waals surface area contributed by atoms with Crippen LogP contribution >= 0.6 is 0 Å². The summed E-state index contributed by atoms with van der Waals surface area (Å²) in [6, 6.07) is 14.9. The molecule has 0 atom stereocenters. The molecule has 6 nitrogen and oxygen atoms in total. The molecule has 1 fully saturated rings. The minimum Gasteiger partial charge on any atom is -0.494 e. The Hall–Kier alpha value is -2.57. The van der Waals surface area contributed by atoms with Gasteiger partial charge >= 0.3 is 0 Å². The third-order valence-electron chi connectivity index (χ3n) is 6.39. The number of piperazine rings is 1. The van der Waals surface area contributed by atoms with E-state index in [1.807, 2.05) is 12.1 Å². The van der Waals surface area contributed by atoms with Gasteiger partial charge in [0.15, 0.2) is 0 Å². The number of benzene rings is 2. The van der Waals surface area contributed by atoms with Crippen molar-refractivity contribution in [2.24, 2.45) is 0 Å². The molecule has 0 radical (unpaired) electrons. The van der Waals surface area contributed by atoms with Gasteiger partial charge in [0.1, 0.15) is 12.5 Å². The first-order chi connectivity index (χ1) is 15.6. The van der Waals surface area contributed by atoms with Crippen molar-refractivity contribution in [2.45, 2.75) is 32.6 Å². The number of hydrogen-bond acceptors (Lipinski definition) is 5. The highest BCUT2D eigenvalue weighted by Gasteiger charge is 2.24. The van der Waals surface area contributed by atoms with Crippen molar-refractivity contribution >= 4 is 17.3 Å². The van der Waals surface area contributed by atoms with Gasteiger partial charge in [-0.05, 0) is 62.1 Å². The van der Waals surface area contributed by atoms with E-state index >= 15 is 0 Å². The Morgan fingerprint density at radius 1 is 0.969 bits per heavy atom. The number of anilines is 2. The van der Waals surface area contributed by atoms with Crippen molar-refractivity contribution in [2.75, 3.05) is 63.0 Å². The van der Waals surface area contributed by atoms with Crippen LogP contribution in [0.15, 0.2) is 42.5 Å². The number of hydrogen-bond donors (Lipinski definition) is 0. The summed E-state index contributed by atoms with van der Waals surface area (Å²) in [5, 5.41) is 0. The van der Waals surface area contributed by atoms with E-state index in [-0.39, 0.29) is 12.6 Å². The predicted molar refractivity (Wildman–Crippen MR) is 129 cm³/mol. The summed E-state index contributed by atoms with van der Waals surface area (Å²) in [5.74, 6) is 0.935. The summed E-state index contributed by atoms with van der Waals surface area (Å²) in [4.78, 5) is 19.0. The molecule has 0 unspecified atom stereocenters. The SMILES string of the molecule is COCN1C(=O)CCc2ccc(OCCCCN3CCN(c4cccc(C)c4)CC3)cc21. The molecule has 0 spiro atoms. The molecular weight excluding hydrogens is 402 g/mol. The summed E-state index contributed by atoms with van der Waals surface area (Å²) in [7, 11) is 1.62. The van der Waals surface area contributed by atoms with Crippen molar-refractivity contribution < 1.29 is 14.3 Å². The Morgan fingerprint density at radius 2 is 1.81 bits per heavy atom. The Labute approximate surface area is 191 Å². The molecule has 0 N–H and O–H groups in total. The van der Waals surface area contributed by atoms with E-state index in [2.05, 4.69) is 47.1 Å². The molecule has 1 saturated heterocycles. The van der Waals surface area contributed by atoms with Crippen molar-refractivity contribution in [1.29, 1.82) is 0 Å². The molecule has 0 bridgehead atoms. The highest BCUT2D eigenvalue weighted by atomic mass is 16.5. The molecule has 32 heavy (non-hydrogen) atoms. The molecule has 2 aromatic carbocycles. The lowest BCUT2D eigenvalue weighted by molar-refractivity contribution is -0.119. The number of nitrogens with zero attached hydrogens (tertiary/aromatic N) is 3. The van der Waals surface area contributed by atoms with Crippen LogP contribution < -0.4 is 14.5 Å². The number of aryl methyl sites for hydroxylation is 2. The molecule has 4 rings (SSSR count). The third-order valence-corrected chi connectivity index (χ3v) is 6.39. The summed E-state index contributed by atoms with van der Waals surface area (Å²) < 4.78 is 11.2. The number of unbranched alkanes of at least 4 members (excludes halogenated alkanes) is 1. The van der Waals surface area contributed by atoms with Crippen LogP contribution in [0.2, 0.25) is 0 Å². The largest absolute Gasteiger partial charge is 0.494 e. The molecular formula is C26H35N3O3. The minimum atomic E-state index is 0.110. The van der Waals surface area contributed by atoms with Crippen LogP contribution in [0.4, 0.5) is 11.4 Å². The average molecular weight is 438 g/mol. The van der Waals surface area contributed by atoms with Crippen LogP contribution in [-0.2, 0) is 16.0 Å². The normalized spacial score (nSPS) is 16.9. The van der Waals surface area contributed by atoms with Crippen LogP contribution in [0.3, 0.4) is 0 Å². The molecule has 6 heteroatoms. The third kappa shape index (κ3) is 5.61. The van der Waals surface area contributed by atoms with Crippen molar-refractivity contribution in [3.8, 4) is 5.75 Å². The Morgan fingerprint density at radius 3 is 2.59 bits per heavy atom. The Balaban J connectivity index is 1.18. The standard InChI is InChI=1S/C26H35N3O3/c1-21-6-5-7-23(18-21)28-15-13-27(14-16-28)12-3-4-17-32-24-10-8-22-9-11-26(30)29(20-31-2)25(22)19-24/h5-8,10,18-19H,3-4,9,11-17,20H2,1-2H3. The van der Waals surface area contributed by atoms with Gasteiger partial charge in [-0.1, -0.05) is 18.2 Å². The minimum absolute atomic E-state index is 0.110. The highest BCUT2D eigenvalue weighted by molar-refractivity contribution is 5.96.